The lowest BCUT2D eigenvalue weighted by molar-refractivity contribution is -0.384. The van der Waals surface area contributed by atoms with E-state index in [1.54, 1.807) is 34.1 Å². The van der Waals surface area contributed by atoms with Crippen molar-refractivity contribution >= 4 is 28.3 Å². The Bertz CT molecular complexity index is 1890. The summed E-state index contributed by atoms with van der Waals surface area (Å²) in [5.41, 5.74) is 2.34. The van der Waals surface area contributed by atoms with E-state index in [-0.39, 0.29) is 42.6 Å². The first kappa shape index (κ1) is 32.9. The summed E-state index contributed by atoms with van der Waals surface area (Å²) in [5, 5.41) is 16.1. The normalized spacial score (nSPS) is 12.4. The van der Waals surface area contributed by atoms with Crippen molar-refractivity contribution in [3.8, 4) is 0 Å². The molecule has 0 fully saturated rings. The highest BCUT2D eigenvalue weighted by atomic mass is 19.2. The molecule has 0 aliphatic carbocycles. The molecule has 1 heterocycles. The van der Waals surface area contributed by atoms with E-state index in [9.17, 15) is 28.5 Å². The second-order valence-corrected chi connectivity index (χ2v) is 11.6. The zero-order valence-corrected chi connectivity index (χ0v) is 26.1. The van der Waals surface area contributed by atoms with E-state index in [0.717, 1.165) is 34.0 Å². The summed E-state index contributed by atoms with van der Waals surface area (Å²) in [6.45, 7) is 4.67. The summed E-state index contributed by atoms with van der Waals surface area (Å²) < 4.78 is 29.8. The Labute approximate surface area is 271 Å². The highest BCUT2D eigenvalue weighted by Gasteiger charge is 2.27. The first-order chi connectivity index (χ1) is 22.6. The van der Waals surface area contributed by atoms with Crippen molar-refractivity contribution in [2.45, 2.75) is 45.8 Å². The van der Waals surface area contributed by atoms with Crippen molar-refractivity contribution < 1.29 is 23.3 Å². The number of halogens is 2. The average molecular weight is 640 g/mol. The molecule has 1 N–H and O–H groups in total. The lowest BCUT2D eigenvalue weighted by Gasteiger charge is -2.32. The van der Waals surface area contributed by atoms with Crippen LogP contribution in [-0.4, -0.2) is 43.8 Å². The third-order valence-corrected chi connectivity index (χ3v) is 8.43. The molecule has 0 saturated heterocycles. The Morgan fingerprint density at radius 1 is 1.00 bits per heavy atom. The van der Waals surface area contributed by atoms with Gasteiger partial charge in [-0.05, 0) is 46.0 Å². The van der Waals surface area contributed by atoms with E-state index in [1.165, 1.54) is 18.2 Å². The molecule has 9 nitrogen and oxygen atoms in total. The maximum atomic E-state index is 14.2. The topological polar surface area (TPSA) is 110 Å². The van der Waals surface area contributed by atoms with Gasteiger partial charge in [-0.1, -0.05) is 74.9 Å². The number of non-ortho nitro benzene ring substituents is 1. The number of carbonyl (C=O) groups is 2. The fraction of sp³-hybridized carbons (Fsp3) is 0.250. The van der Waals surface area contributed by atoms with E-state index in [1.807, 2.05) is 56.3 Å². The van der Waals surface area contributed by atoms with Gasteiger partial charge in [-0.2, -0.15) is 0 Å². The van der Waals surface area contributed by atoms with Gasteiger partial charge in [-0.3, -0.25) is 19.7 Å². The standard InChI is InChI=1S/C36H35F2N5O4/c1-3-24(2)34(40-35(44)18-30-19-39-23-42(30)20-25-11-14-29(15-12-25)43(46)47)22-41(36(45)27-13-16-32(37)33(38)17-27)21-28-9-6-8-26-7-4-5-10-31(26)28/h4-17,19,23-24,34H,3,18,20-22H2,1-2H3,(H,40,44)/t24-,34+/m0/s1. The molecule has 0 spiro atoms. The lowest BCUT2D eigenvalue weighted by Crippen LogP contribution is -2.49. The van der Waals surface area contributed by atoms with Gasteiger partial charge in [0.25, 0.3) is 11.6 Å². The zero-order valence-electron chi connectivity index (χ0n) is 26.1. The van der Waals surface area contributed by atoms with Crippen LogP contribution in [0.25, 0.3) is 10.8 Å². The fourth-order valence-corrected chi connectivity index (χ4v) is 5.54. The second kappa shape index (κ2) is 14.8. The van der Waals surface area contributed by atoms with Crippen molar-refractivity contribution in [3.63, 3.8) is 0 Å². The molecule has 0 aliphatic heterocycles. The van der Waals surface area contributed by atoms with Crippen molar-refractivity contribution in [1.29, 1.82) is 0 Å². The summed E-state index contributed by atoms with van der Waals surface area (Å²) in [6, 6.07) is 22.5. The van der Waals surface area contributed by atoms with Crippen LogP contribution in [0, 0.1) is 27.7 Å². The van der Waals surface area contributed by atoms with Crippen molar-refractivity contribution in [1.82, 2.24) is 19.8 Å². The zero-order chi connectivity index (χ0) is 33.5. The number of amides is 2. The summed E-state index contributed by atoms with van der Waals surface area (Å²) in [6.07, 6.45) is 3.93. The highest BCUT2D eigenvalue weighted by Crippen LogP contribution is 2.23. The number of benzene rings is 4. The molecule has 242 valence electrons. The summed E-state index contributed by atoms with van der Waals surface area (Å²) >= 11 is 0. The number of carbonyl (C=O) groups excluding carboxylic acids is 2. The van der Waals surface area contributed by atoms with Crippen LogP contribution < -0.4 is 5.32 Å². The van der Waals surface area contributed by atoms with E-state index in [4.69, 9.17) is 0 Å². The molecule has 11 heteroatoms. The van der Waals surface area contributed by atoms with Gasteiger partial charge in [-0.15, -0.1) is 0 Å². The summed E-state index contributed by atoms with van der Waals surface area (Å²) in [4.78, 5) is 43.7. The quantitative estimate of drug-likeness (QED) is 0.114. The SMILES string of the molecule is CC[C@H](C)[C@@H](CN(Cc1cccc2ccccc12)C(=O)c1ccc(F)c(F)c1)NC(=O)Cc1cncn1Cc1ccc([N+](=O)[O-])cc1. The molecular weight excluding hydrogens is 604 g/mol. The van der Waals surface area contributed by atoms with Gasteiger partial charge >= 0.3 is 0 Å². The maximum absolute atomic E-state index is 14.2. The van der Waals surface area contributed by atoms with E-state index < -0.39 is 28.5 Å². The number of imidazole rings is 1. The Morgan fingerprint density at radius 2 is 1.74 bits per heavy atom. The predicted molar refractivity (Wildman–Crippen MR) is 175 cm³/mol. The molecule has 0 aliphatic rings. The Kier molecular flexibility index (Phi) is 10.3. The van der Waals surface area contributed by atoms with Crippen LogP contribution >= 0.6 is 0 Å². The first-order valence-electron chi connectivity index (χ1n) is 15.4. The smallest absolute Gasteiger partial charge is 0.269 e. The molecule has 1 aromatic heterocycles. The van der Waals surface area contributed by atoms with Crippen LogP contribution in [-0.2, 0) is 24.3 Å². The highest BCUT2D eigenvalue weighted by molar-refractivity contribution is 5.95. The minimum atomic E-state index is -1.11. The van der Waals surface area contributed by atoms with Gasteiger partial charge in [0.1, 0.15) is 0 Å². The molecule has 4 aromatic carbocycles. The predicted octanol–water partition coefficient (Wildman–Crippen LogP) is 6.69. The number of nitrogens with zero attached hydrogens (tertiary/aromatic N) is 4. The third kappa shape index (κ3) is 8.04. The van der Waals surface area contributed by atoms with Gasteiger partial charge in [0.15, 0.2) is 11.6 Å². The van der Waals surface area contributed by atoms with Gasteiger partial charge in [0.05, 0.1) is 17.7 Å². The fourth-order valence-electron chi connectivity index (χ4n) is 5.54. The molecule has 2 amide bonds. The van der Waals surface area contributed by atoms with Crippen LogP contribution in [0.15, 0.2) is 97.5 Å². The molecule has 0 unspecified atom stereocenters. The van der Waals surface area contributed by atoms with Crippen LogP contribution in [0.4, 0.5) is 14.5 Å². The Morgan fingerprint density at radius 3 is 2.47 bits per heavy atom. The summed E-state index contributed by atoms with van der Waals surface area (Å²) in [7, 11) is 0. The van der Waals surface area contributed by atoms with Crippen LogP contribution in [0.3, 0.4) is 0 Å². The number of hydrogen-bond donors (Lipinski definition) is 1. The number of aromatic nitrogens is 2. The molecule has 0 radical (unpaired) electrons. The third-order valence-electron chi connectivity index (χ3n) is 8.43. The molecule has 5 rings (SSSR count). The molecule has 0 saturated carbocycles. The largest absolute Gasteiger partial charge is 0.351 e. The van der Waals surface area contributed by atoms with E-state index in [0.29, 0.717) is 18.7 Å². The number of nitro groups is 1. The summed E-state index contributed by atoms with van der Waals surface area (Å²) in [5.74, 6) is -2.94. The second-order valence-electron chi connectivity index (χ2n) is 11.6. The van der Waals surface area contributed by atoms with Crippen molar-refractivity contribution in [2.75, 3.05) is 6.54 Å². The molecule has 0 bridgehead atoms. The average Bonchev–Trinajstić information content (AvgIpc) is 3.50. The van der Waals surface area contributed by atoms with Gasteiger partial charge in [0.2, 0.25) is 5.91 Å². The Hall–Kier alpha value is -5.45. The minimum Gasteiger partial charge on any atom is -0.351 e. The van der Waals surface area contributed by atoms with Gasteiger partial charge < -0.3 is 14.8 Å². The van der Waals surface area contributed by atoms with Crippen LogP contribution in [0.5, 0.6) is 0 Å². The minimum absolute atomic E-state index is 0.00685. The Balaban J connectivity index is 1.37. The lowest BCUT2D eigenvalue weighted by atomic mass is 9.97. The molecule has 47 heavy (non-hydrogen) atoms. The number of hydrogen-bond acceptors (Lipinski definition) is 5. The molecule has 2 atom stereocenters. The first-order valence-corrected chi connectivity index (χ1v) is 15.4. The van der Waals surface area contributed by atoms with E-state index >= 15 is 0 Å². The van der Waals surface area contributed by atoms with Crippen LogP contribution in [0.2, 0.25) is 0 Å². The van der Waals surface area contributed by atoms with Gasteiger partial charge in [-0.25, -0.2) is 13.8 Å². The number of rotatable bonds is 13. The van der Waals surface area contributed by atoms with Crippen LogP contribution in [0.1, 0.15) is 47.4 Å². The maximum Gasteiger partial charge on any atom is 0.269 e. The van der Waals surface area contributed by atoms with Gasteiger partial charge in [0, 0.05) is 55.3 Å². The number of nitrogens with one attached hydrogen (secondary N) is 1. The van der Waals surface area contributed by atoms with E-state index in [2.05, 4.69) is 10.3 Å². The van der Waals surface area contributed by atoms with Crippen molar-refractivity contribution in [3.05, 3.63) is 142 Å². The number of fused-ring (bicyclic) bond motifs is 1. The molecular formula is C36H35F2N5O4. The molecule has 5 aromatic rings. The monoisotopic (exact) mass is 639 g/mol. The van der Waals surface area contributed by atoms with Crippen molar-refractivity contribution in [2.24, 2.45) is 5.92 Å². The number of nitro benzene ring substituents is 1.